The summed E-state index contributed by atoms with van der Waals surface area (Å²) in [4.78, 5) is 10.9. The third-order valence-electron chi connectivity index (χ3n) is 2.67. The number of carbonyl (C=O) groups is 1. The van der Waals surface area contributed by atoms with Crippen LogP contribution in [0.15, 0.2) is 48.5 Å². The number of rotatable bonds is 6. The van der Waals surface area contributed by atoms with Crippen molar-refractivity contribution in [2.45, 2.75) is 13.5 Å². The Morgan fingerprint density at radius 2 is 1.74 bits per heavy atom. The van der Waals surface area contributed by atoms with Crippen molar-refractivity contribution in [2.75, 3.05) is 6.61 Å². The SMILES string of the molecule is CCOc1ccc(COc2ccccc2C=O)cc1. The maximum absolute atomic E-state index is 10.9. The number of hydrogen-bond donors (Lipinski definition) is 0. The molecule has 19 heavy (non-hydrogen) atoms. The third kappa shape index (κ3) is 3.58. The van der Waals surface area contributed by atoms with Crippen molar-refractivity contribution in [1.29, 1.82) is 0 Å². The molecule has 0 unspecified atom stereocenters. The van der Waals surface area contributed by atoms with E-state index in [0.717, 1.165) is 17.6 Å². The van der Waals surface area contributed by atoms with E-state index in [0.29, 0.717) is 24.5 Å². The molecule has 3 heteroatoms. The molecule has 0 spiro atoms. The summed E-state index contributed by atoms with van der Waals surface area (Å²) in [5.41, 5.74) is 1.59. The zero-order valence-corrected chi connectivity index (χ0v) is 10.8. The maximum Gasteiger partial charge on any atom is 0.153 e. The minimum absolute atomic E-state index is 0.428. The lowest BCUT2D eigenvalue weighted by Gasteiger charge is -2.09. The quantitative estimate of drug-likeness (QED) is 0.742. The summed E-state index contributed by atoms with van der Waals surface area (Å²) in [7, 11) is 0. The summed E-state index contributed by atoms with van der Waals surface area (Å²) in [5, 5.41) is 0. The number of para-hydroxylation sites is 1. The largest absolute Gasteiger partial charge is 0.494 e. The maximum atomic E-state index is 10.9. The molecule has 3 nitrogen and oxygen atoms in total. The molecular weight excluding hydrogens is 240 g/mol. The minimum atomic E-state index is 0.428. The van der Waals surface area contributed by atoms with Crippen molar-refractivity contribution in [1.82, 2.24) is 0 Å². The number of hydrogen-bond acceptors (Lipinski definition) is 3. The molecule has 0 radical (unpaired) electrons. The van der Waals surface area contributed by atoms with Gasteiger partial charge in [-0.05, 0) is 36.8 Å². The van der Waals surface area contributed by atoms with Crippen LogP contribution in [0.25, 0.3) is 0 Å². The van der Waals surface area contributed by atoms with Gasteiger partial charge in [-0.3, -0.25) is 4.79 Å². The Balaban J connectivity index is 2.00. The van der Waals surface area contributed by atoms with Gasteiger partial charge in [0.05, 0.1) is 12.2 Å². The molecule has 0 aliphatic carbocycles. The van der Waals surface area contributed by atoms with Gasteiger partial charge >= 0.3 is 0 Å². The molecule has 0 bridgehead atoms. The molecule has 0 aliphatic heterocycles. The molecule has 0 aliphatic rings. The highest BCUT2D eigenvalue weighted by Gasteiger charge is 2.02. The molecular formula is C16H16O3. The fourth-order valence-corrected chi connectivity index (χ4v) is 1.72. The number of benzene rings is 2. The van der Waals surface area contributed by atoms with Crippen molar-refractivity contribution >= 4 is 6.29 Å². The normalized spacial score (nSPS) is 9.95. The molecule has 0 amide bonds. The summed E-state index contributed by atoms with van der Waals surface area (Å²) in [6, 6.07) is 14.9. The molecule has 0 heterocycles. The van der Waals surface area contributed by atoms with Crippen LogP contribution < -0.4 is 9.47 Å². The highest BCUT2D eigenvalue weighted by molar-refractivity contribution is 5.79. The van der Waals surface area contributed by atoms with E-state index < -0.39 is 0 Å². The highest BCUT2D eigenvalue weighted by Crippen LogP contribution is 2.18. The van der Waals surface area contributed by atoms with Gasteiger partial charge in [0.15, 0.2) is 6.29 Å². The van der Waals surface area contributed by atoms with E-state index in [4.69, 9.17) is 9.47 Å². The average molecular weight is 256 g/mol. The fourth-order valence-electron chi connectivity index (χ4n) is 1.72. The first-order valence-corrected chi connectivity index (χ1v) is 6.22. The molecule has 0 N–H and O–H groups in total. The lowest BCUT2D eigenvalue weighted by Crippen LogP contribution is -1.98. The van der Waals surface area contributed by atoms with Crippen LogP contribution in [0, 0.1) is 0 Å². The van der Waals surface area contributed by atoms with Gasteiger partial charge in [0.2, 0.25) is 0 Å². The van der Waals surface area contributed by atoms with Crippen LogP contribution in [0.5, 0.6) is 11.5 Å². The molecule has 98 valence electrons. The predicted molar refractivity (Wildman–Crippen MR) is 73.8 cm³/mol. The molecule has 0 atom stereocenters. The fraction of sp³-hybridized carbons (Fsp3) is 0.188. The Kier molecular flexibility index (Phi) is 4.56. The van der Waals surface area contributed by atoms with Crippen LogP contribution in [0.3, 0.4) is 0 Å². The Morgan fingerprint density at radius 3 is 2.42 bits per heavy atom. The average Bonchev–Trinajstić information content (AvgIpc) is 2.47. The van der Waals surface area contributed by atoms with Gasteiger partial charge in [-0.25, -0.2) is 0 Å². The molecule has 2 rings (SSSR count). The topological polar surface area (TPSA) is 35.5 Å². The van der Waals surface area contributed by atoms with Crippen molar-refractivity contribution in [3.8, 4) is 11.5 Å². The lowest BCUT2D eigenvalue weighted by molar-refractivity contribution is 0.111. The zero-order chi connectivity index (χ0) is 13.5. The van der Waals surface area contributed by atoms with Gasteiger partial charge in [0.25, 0.3) is 0 Å². The highest BCUT2D eigenvalue weighted by atomic mass is 16.5. The Labute approximate surface area is 112 Å². The summed E-state index contributed by atoms with van der Waals surface area (Å²) in [5.74, 6) is 1.45. The molecule has 0 saturated carbocycles. The second kappa shape index (κ2) is 6.59. The smallest absolute Gasteiger partial charge is 0.153 e. The van der Waals surface area contributed by atoms with Gasteiger partial charge < -0.3 is 9.47 Å². The van der Waals surface area contributed by atoms with Crippen molar-refractivity contribution in [2.24, 2.45) is 0 Å². The van der Waals surface area contributed by atoms with Gasteiger partial charge in [-0.15, -0.1) is 0 Å². The van der Waals surface area contributed by atoms with E-state index in [1.54, 1.807) is 12.1 Å². The number of carbonyl (C=O) groups excluding carboxylic acids is 1. The van der Waals surface area contributed by atoms with Crippen molar-refractivity contribution in [3.63, 3.8) is 0 Å². The van der Waals surface area contributed by atoms with Crippen LogP contribution in [0.1, 0.15) is 22.8 Å². The zero-order valence-electron chi connectivity index (χ0n) is 10.8. The van der Waals surface area contributed by atoms with Crippen LogP contribution in [-0.4, -0.2) is 12.9 Å². The molecule has 0 fully saturated rings. The molecule has 0 saturated heterocycles. The van der Waals surface area contributed by atoms with Gasteiger partial charge in [0.1, 0.15) is 18.1 Å². The van der Waals surface area contributed by atoms with E-state index in [2.05, 4.69) is 0 Å². The van der Waals surface area contributed by atoms with Gasteiger partial charge in [-0.2, -0.15) is 0 Å². The second-order valence-corrected chi connectivity index (χ2v) is 4.02. The molecule has 2 aromatic carbocycles. The summed E-state index contributed by atoms with van der Waals surface area (Å²) in [6.07, 6.45) is 0.799. The third-order valence-corrected chi connectivity index (χ3v) is 2.67. The summed E-state index contributed by atoms with van der Waals surface area (Å²) in [6.45, 7) is 3.03. The van der Waals surface area contributed by atoms with E-state index in [1.165, 1.54) is 0 Å². The van der Waals surface area contributed by atoms with Gasteiger partial charge in [0, 0.05) is 0 Å². The monoisotopic (exact) mass is 256 g/mol. The Bertz CT molecular complexity index is 532. The Hall–Kier alpha value is -2.29. The molecule has 0 aromatic heterocycles. The first-order valence-electron chi connectivity index (χ1n) is 6.22. The van der Waals surface area contributed by atoms with Crippen molar-refractivity contribution in [3.05, 3.63) is 59.7 Å². The summed E-state index contributed by atoms with van der Waals surface area (Å²) < 4.78 is 11.0. The lowest BCUT2D eigenvalue weighted by atomic mass is 10.2. The Morgan fingerprint density at radius 1 is 1.00 bits per heavy atom. The van der Waals surface area contributed by atoms with E-state index in [-0.39, 0.29) is 0 Å². The van der Waals surface area contributed by atoms with Crippen LogP contribution in [-0.2, 0) is 6.61 Å². The first kappa shape index (κ1) is 13.1. The van der Waals surface area contributed by atoms with Crippen LogP contribution in [0.2, 0.25) is 0 Å². The first-order chi connectivity index (χ1) is 9.33. The summed E-state index contributed by atoms with van der Waals surface area (Å²) >= 11 is 0. The minimum Gasteiger partial charge on any atom is -0.494 e. The van der Waals surface area contributed by atoms with E-state index in [1.807, 2.05) is 43.3 Å². The number of aldehydes is 1. The standard InChI is InChI=1S/C16H16O3/c1-2-18-15-9-7-13(8-10-15)12-19-16-6-4-3-5-14(16)11-17/h3-11H,2,12H2,1H3. The number of ether oxygens (including phenoxy) is 2. The van der Waals surface area contributed by atoms with E-state index in [9.17, 15) is 4.79 Å². The van der Waals surface area contributed by atoms with Gasteiger partial charge in [-0.1, -0.05) is 24.3 Å². The van der Waals surface area contributed by atoms with E-state index >= 15 is 0 Å². The predicted octanol–water partition coefficient (Wildman–Crippen LogP) is 3.48. The second-order valence-electron chi connectivity index (χ2n) is 4.02. The van der Waals surface area contributed by atoms with Crippen molar-refractivity contribution < 1.29 is 14.3 Å². The molecule has 2 aromatic rings. The van der Waals surface area contributed by atoms with Crippen LogP contribution >= 0.6 is 0 Å². The van der Waals surface area contributed by atoms with Crippen LogP contribution in [0.4, 0.5) is 0 Å².